The van der Waals surface area contributed by atoms with Crippen molar-refractivity contribution >= 4 is 34.2 Å². The summed E-state index contributed by atoms with van der Waals surface area (Å²) in [5, 5.41) is 9.23. The number of azo groups is 1. The summed E-state index contributed by atoms with van der Waals surface area (Å²) in [6.07, 6.45) is 0. The summed E-state index contributed by atoms with van der Waals surface area (Å²) in [6.45, 7) is 0. The van der Waals surface area contributed by atoms with Crippen LogP contribution in [-0.4, -0.2) is 31.7 Å². The topological polar surface area (TPSA) is 77.3 Å². The maximum Gasteiger partial charge on any atom is 0.359 e. The van der Waals surface area contributed by atoms with Crippen LogP contribution in [0, 0.1) is 0 Å². The Kier molecular flexibility index (Phi) is 6.73. The maximum atomic E-state index is 13.8. The summed E-state index contributed by atoms with van der Waals surface area (Å²) in [6, 6.07) is 39.6. The highest BCUT2D eigenvalue weighted by atomic mass is 16.5. The molecule has 2 aliphatic rings. The van der Waals surface area contributed by atoms with Gasteiger partial charge in [-0.05, 0) is 33.4 Å². The zero-order valence-corrected chi connectivity index (χ0v) is 22.6. The van der Waals surface area contributed by atoms with Gasteiger partial charge in [-0.3, -0.25) is 0 Å². The van der Waals surface area contributed by atoms with E-state index in [9.17, 15) is 9.59 Å². The van der Waals surface area contributed by atoms with E-state index in [2.05, 4.69) is 5.11 Å². The molecule has 0 saturated carbocycles. The van der Waals surface area contributed by atoms with Crippen LogP contribution >= 0.6 is 0 Å². The van der Waals surface area contributed by atoms with Crippen molar-refractivity contribution in [3.63, 3.8) is 0 Å². The third kappa shape index (κ3) is 4.12. The second-order valence-corrected chi connectivity index (χ2v) is 9.58. The molecule has 0 bridgehead atoms. The van der Waals surface area contributed by atoms with E-state index in [-0.39, 0.29) is 11.3 Å². The van der Waals surface area contributed by atoms with E-state index in [1.165, 1.54) is 14.2 Å². The van der Waals surface area contributed by atoms with Gasteiger partial charge in [0.1, 0.15) is 5.57 Å². The van der Waals surface area contributed by atoms with Crippen molar-refractivity contribution in [1.29, 1.82) is 0 Å². The molecule has 0 fully saturated rings. The Balaban J connectivity index is 1.88. The van der Waals surface area contributed by atoms with Crippen LogP contribution < -0.4 is 0 Å². The van der Waals surface area contributed by atoms with E-state index < -0.39 is 17.5 Å². The van der Waals surface area contributed by atoms with Crippen LogP contribution in [0.1, 0.15) is 22.3 Å². The number of esters is 2. The predicted molar refractivity (Wildman–Crippen MR) is 158 cm³/mol. The first-order chi connectivity index (χ1) is 20.1. The molecule has 0 aromatic heterocycles. The van der Waals surface area contributed by atoms with Gasteiger partial charge in [0.25, 0.3) is 0 Å². The number of benzene rings is 4. The summed E-state index contributed by atoms with van der Waals surface area (Å²) < 4.78 is 10.4. The molecule has 0 radical (unpaired) electrons. The van der Waals surface area contributed by atoms with Crippen LogP contribution in [-0.2, 0) is 19.1 Å². The lowest BCUT2D eigenvalue weighted by atomic mass is 9.73. The molecule has 0 amide bonds. The number of nitrogens with zero attached hydrogens (tertiary/aromatic N) is 2. The van der Waals surface area contributed by atoms with Gasteiger partial charge in [-0.2, -0.15) is 5.11 Å². The Hall–Kier alpha value is -5.36. The van der Waals surface area contributed by atoms with Gasteiger partial charge in [0.05, 0.1) is 14.2 Å². The molecule has 1 heterocycles. The van der Waals surface area contributed by atoms with E-state index in [4.69, 9.17) is 14.6 Å². The highest BCUT2D eigenvalue weighted by Crippen LogP contribution is 2.63. The number of hydrogen-bond donors (Lipinski definition) is 0. The first-order valence-electron chi connectivity index (χ1n) is 13.2. The average Bonchev–Trinajstić information content (AvgIpc) is 3.58. The molecule has 4 aromatic carbocycles. The van der Waals surface area contributed by atoms with Gasteiger partial charge in [0.15, 0.2) is 11.2 Å². The summed E-state index contributed by atoms with van der Waals surface area (Å²) in [5.41, 5.74) is 5.08. The van der Waals surface area contributed by atoms with Crippen molar-refractivity contribution in [2.45, 2.75) is 5.54 Å². The van der Waals surface area contributed by atoms with Crippen LogP contribution in [0.15, 0.2) is 143 Å². The number of ether oxygens (including phenoxy) is 2. The number of rotatable bonds is 6. The summed E-state index contributed by atoms with van der Waals surface area (Å²) >= 11 is 0. The van der Waals surface area contributed by atoms with Crippen LogP contribution in [0.2, 0.25) is 0 Å². The summed E-state index contributed by atoms with van der Waals surface area (Å²) in [5.74, 6) is -1.47. The molecule has 41 heavy (non-hydrogen) atoms. The average molecular weight is 539 g/mol. The lowest BCUT2D eigenvalue weighted by Gasteiger charge is -2.30. The first kappa shape index (κ1) is 25.9. The second kappa shape index (κ2) is 10.7. The molecule has 6 rings (SSSR count). The van der Waals surface area contributed by atoms with Crippen LogP contribution in [0.25, 0.3) is 22.3 Å². The van der Waals surface area contributed by atoms with Gasteiger partial charge < -0.3 is 9.47 Å². The van der Waals surface area contributed by atoms with Crippen molar-refractivity contribution in [3.8, 4) is 0 Å². The second-order valence-electron chi connectivity index (χ2n) is 9.58. The Morgan fingerprint density at radius 1 is 0.537 bits per heavy atom. The van der Waals surface area contributed by atoms with Crippen molar-refractivity contribution in [1.82, 2.24) is 0 Å². The van der Waals surface area contributed by atoms with Crippen molar-refractivity contribution < 1.29 is 19.1 Å². The smallest absolute Gasteiger partial charge is 0.359 e. The standard InChI is InChI=1S/C35H26N2O4/c1-40-33(38)31-32(34(39)41-2)36-37-35(31)29(25-19-11-5-12-20-25)27(23-15-7-3-8-16-23)28(24-17-9-4-10-18-24)30(35)26-21-13-6-14-22-26/h3-22H,1-2H3. The van der Waals surface area contributed by atoms with Gasteiger partial charge in [-0.15, -0.1) is 5.11 Å². The Morgan fingerprint density at radius 2 is 0.902 bits per heavy atom. The van der Waals surface area contributed by atoms with Gasteiger partial charge in [-0.25, -0.2) is 9.59 Å². The molecule has 0 saturated heterocycles. The maximum absolute atomic E-state index is 13.8. The molecular weight excluding hydrogens is 512 g/mol. The number of carbonyl (C=O) groups excluding carboxylic acids is 2. The number of hydrogen-bond acceptors (Lipinski definition) is 6. The zero-order chi connectivity index (χ0) is 28.4. The summed E-state index contributed by atoms with van der Waals surface area (Å²) in [7, 11) is 2.55. The highest BCUT2D eigenvalue weighted by molar-refractivity contribution is 6.34. The van der Waals surface area contributed by atoms with Gasteiger partial charge in [-0.1, -0.05) is 121 Å². The molecule has 6 nitrogen and oxygen atoms in total. The Morgan fingerprint density at radius 3 is 1.27 bits per heavy atom. The van der Waals surface area contributed by atoms with Crippen molar-refractivity contribution in [3.05, 3.63) is 155 Å². The normalized spacial score (nSPS) is 15.6. The van der Waals surface area contributed by atoms with E-state index in [1.54, 1.807) is 0 Å². The number of carbonyl (C=O) groups is 2. The molecule has 200 valence electrons. The number of methoxy groups -OCH3 is 2. The largest absolute Gasteiger partial charge is 0.466 e. The molecule has 1 aliphatic carbocycles. The molecule has 1 aliphatic heterocycles. The number of allylic oxidation sites excluding steroid dienone is 2. The lowest BCUT2D eigenvalue weighted by Crippen LogP contribution is -2.34. The minimum atomic E-state index is -1.50. The van der Waals surface area contributed by atoms with Crippen LogP contribution in [0.5, 0.6) is 0 Å². The first-order valence-corrected chi connectivity index (χ1v) is 13.2. The molecule has 6 heteroatoms. The molecule has 0 N–H and O–H groups in total. The molecule has 0 atom stereocenters. The lowest BCUT2D eigenvalue weighted by molar-refractivity contribution is -0.139. The Bertz CT molecular complexity index is 1660. The van der Waals surface area contributed by atoms with Crippen molar-refractivity contribution in [2.75, 3.05) is 14.2 Å². The van der Waals surface area contributed by atoms with E-state index >= 15 is 0 Å². The zero-order valence-electron chi connectivity index (χ0n) is 22.6. The quantitative estimate of drug-likeness (QED) is 0.247. The van der Waals surface area contributed by atoms with Crippen LogP contribution in [0.4, 0.5) is 0 Å². The van der Waals surface area contributed by atoms with E-state index in [0.717, 1.165) is 44.5 Å². The minimum Gasteiger partial charge on any atom is -0.466 e. The molecular formula is C35H26N2O4. The fourth-order valence-electron chi connectivity index (χ4n) is 5.77. The molecule has 4 aromatic rings. The monoisotopic (exact) mass is 538 g/mol. The summed E-state index contributed by atoms with van der Waals surface area (Å²) in [4.78, 5) is 26.9. The van der Waals surface area contributed by atoms with Crippen LogP contribution in [0.3, 0.4) is 0 Å². The van der Waals surface area contributed by atoms with E-state index in [0.29, 0.717) is 0 Å². The molecule has 0 unspecified atom stereocenters. The SMILES string of the molecule is COC(=O)C1=C(C(=O)OC)C2(N=N1)C(c1ccccc1)=C(c1ccccc1)C(c1ccccc1)=C2c1ccccc1. The fraction of sp³-hybridized carbons (Fsp3) is 0.0857. The minimum absolute atomic E-state index is 0.0175. The Labute approximate surface area is 238 Å². The predicted octanol–water partition coefficient (Wildman–Crippen LogP) is 7.03. The van der Waals surface area contributed by atoms with Gasteiger partial charge in [0, 0.05) is 11.1 Å². The van der Waals surface area contributed by atoms with Gasteiger partial charge in [0.2, 0.25) is 0 Å². The third-order valence-corrected chi connectivity index (χ3v) is 7.39. The van der Waals surface area contributed by atoms with Crippen molar-refractivity contribution in [2.24, 2.45) is 10.2 Å². The van der Waals surface area contributed by atoms with E-state index in [1.807, 2.05) is 121 Å². The van der Waals surface area contributed by atoms with Gasteiger partial charge >= 0.3 is 11.9 Å². The molecule has 1 spiro atoms. The highest BCUT2D eigenvalue weighted by Gasteiger charge is 2.58. The fourth-order valence-corrected chi connectivity index (χ4v) is 5.77. The third-order valence-electron chi connectivity index (χ3n) is 7.39.